The molecule has 0 bridgehead atoms. The van der Waals surface area contributed by atoms with Gasteiger partial charge in [-0.1, -0.05) is 13.0 Å². The highest BCUT2D eigenvalue weighted by molar-refractivity contribution is 5.66. The quantitative estimate of drug-likeness (QED) is 0.816. The molecule has 0 aromatic heterocycles. The molecule has 0 heterocycles. The molecule has 1 aromatic carbocycles. The summed E-state index contributed by atoms with van der Waals surface area (Å²) in [4.78, 5) is 11.7. The van der Waals surface area contributed by atoms with Crippen LogP contribution in [0.3, 0.4) is 0 Å². The summed E-state index contributed by atoms with van der Waals surface area (Å²) in [6, 6.07) is 6.50. The molecule has 0 saturated heterocycles. The molecule has 26 heavy (non-hydrogen) atoms. The van der Waals surface area contributed by atoms with Gasteiger partial charge in [0, 0.05) is 12.3 Å². The molecule has 4 nitrogen and oxygen atoms in total. The van der Waals surface area contributed by atoms with Crippen LogP contribution in [-0.2, 0) is 16.0 Å². The van der Waals surface area contributed by atoms with Gasteiger partial charge in [0.15, 0.2) is 0 Å². The van der Waals surface area contributed by atoms with Gasteiger partial charge in [0.25, 0.3) is 0 Å². The normalized spacial score (nSPS) is 41.0. The Kier molecular flexibility index (Phi) is 4.11. The summed E-state index contributed by atoms with van der Waals surface area (Å²) in [5.41, 5.74) is 1.79. The van der Waals surface area contributed by atoms with Gasteiger partial charge < -0.3 is 14.6 Å². The third-order valence-electron chi connectivity index (χ3n) is 7.45. The molecule has 3 aliphatic carbocycles. The van der Waals surface area contributed by atoms with Crippen LogP contribution >= 0.6 is 0 Å². The summed E-state index contributed by atoms with van der Waals surface area (Å²) in [5.74, 6) is 2.11. The van der Waals surface area contributed by atoms with Gasteiger partial charge in [-0.3, -0.25) is 4.79 Å². The lowest BCUT2D eigenvalue weighted by Gasteiger charge is -2.50. The molecule has 1 aromatic rings. The number of rotatable bonds is 2. The lowest BCUT2D eigenvalue weighted by atomic mass is 9.55. The molecule has 0 spiro atoms. The van der Waals surface area contributed by atoms with Gasteiger partial charge in [-0.2, -0.15) is 0 Å². The summed E-state index contributed by atoms with van der Waals surface area (Å²) >= 11 is 0. The van der Waals surface area contributed by atoms with Crippen molar-refractivity contribution < 1.29 is 19.4 Å². The number of aliphatic hydroxyl groups is 1. The highest BCUT2D eigenvalue weighted by Gasteiger charge is 2.63. The Bertz CT molecular complexity index is 725. The number of fused-ring (bicyclic) bond motifs is 5. The number of hydrogen-bond donors (Lipinski definition) is 1. The van der Waals surface area contributed by atoms with Crippen LogP contribution in [0.25, 0.3) is 0 Å². The third kappa shape index (κ3) is 2.57. The number of hydrogen-bond acceptors (Lipinski definition) is 4. The van der Waals surface area contributed by atoms with Gasteiger partial charge in [-0.25, -0.2) is 0 Å². The molecule has 6 atom stereocenters. The molecular weight excluding hydrogens is 328 g/mol. The fourth-order valence-corrected chi connectivity index (χ4v) is 6.43. The van der Waals surface area contributed by atoms with Crippen LogP contribution in [0.1, 0.15) is 63.5 Å². The highest BCUT2D eigenvalue weighted by atomic mass is 16.6. The van der Waals surface area contributed by atoms with Crippen molar-refractivity contribution in [3.05, 3.63) is 29.3 Å². The lowest BCUT2D eigenvalue weighted by Crippen LogP contribution is -2.48. The summed E-state index contributed by atoms with van der Waals surface area (Å²) < 4.78 is 11.1. The van der Waals surface area contributed by atoms with Gasteiger partial charge in [0.05, 0.1) is 12.7 Å². The van der Waals surface area contributed by atoms with Crippen LogP contribution in [0.5, 0.6) is 5.75 Å². The molecule has 142 valence electrons. The first-order valence-corrected chi connectivity index (χ1v) is 9.82. The smallest absolute Gasteiger partial charge is 0.303 e. The zero-order valence-corrected chi connectivity index (χ0v) is 16.2. The van der Waals surface area contributed by atoms with Crippen LogP contribution in [-0.4, -0.2) is 29.9 Å². The number of esters is 1. The van der Waals surface area contributed by atoms with Crippen molar-refractivity contribution in [1.82, 2.24) is 0 Å². The average molecular weight is 358 g/mol. The highest BCUT2D eigenvalue weighted by Crippen LogP contribution is 2.63. The van der Waals surface area contributed by atoms with Gasteiger partial charge in [0.2, 0.25) is 0 Å². The Morgan fingerprint density at radius 3 is 2.73 bits per heavy atom. The van der Waals surface area contributed by atoms with E-state index in [1.54, 1.807) is 7.11 Å². The second kappa shape index (κ2) is 5.98. The number of carbonyl (C=O) groups is 1. The maximum absolute atomic E-state index is 11.7. The Morgan fingerprint density at radius 1 is 1.27 bits per heavy atom. The van der Waals surface area contributed by atoms with Crippen LogP contribution in [0, 0.1) is 17.3 Å². The van der Waals surface area contributed by atoms with Crippen molar-refractivity contribution in [2.45, 2.75) is 70.5 Å². The molecule has 3 aliphatic rings. The monoisotopic (exact) mass is 358 g/mol. The maximum atomic E-state index is 11.7. The predicted molar refractivity (Wildman–Crippen MR) is 99.2 cm³/mol. The van der Waals surface area contributed by atoms with Gasteiger partial charge in [-0.15, -0.1) is 0 Å². The molecular formula is C22H30O4. The van der Waals surface area contributed by atoms with E-state index >= 15 is 0 Å². The van der Waals surface area contributed by atoms with Gasteiger partial charge in [0.1, 0.15) is 11.9 Å². The molecule has 0 unspecified atom stereocenters. The summed E-state index contributed by atoms with van der Waals surface area (Å²) in [6.07, 6.45) is 4.57. The Hall–Kier alpha value is -1.55. The fraction of sp³-hybridized carbons (Fsp3) is 0.682. The minimum atomic E-state index is -0.944. The van der Waals surface area contributed by atoms with E-state index in [4.69, 9.17) is 9.47 Å². The topological polar surface area (TPSA) is 55.8 Å². The molecule has 2 saturated carbocycles. The first-order valence-electron chi connectivity index (χ1n) is 9.82. The molecule has 0 radical (unpaired) electrons. The molecule has 4 rings (SSSR count). The van der Waals surface area contributed by atoms with Crippen molar-refractivity contribution in [2.75, 3.05) is 7.11 Å². The Balaban J connectivity index is 1.67. The van der Waals surface area contributed by atoms with E-state index in [0.29, 0.717) is 24.2 Å². The van der Waals surface area contributed by atoms with E-state index < -0.39 is 11.7 Å². The second-order valence-corrected chi connectivity index (χ2v) is 9.08. The summed E-state index contributed by atoms with van der Waals surface area (Å²) in [6.45, 7) is 5.52. The SMILES string of the molecule is COc1ccc2c(c1)CC[C@H]1[C@@H]2CC[C@]2(C)[C@H]1C[C@@](C)(O)[C@H]2OC(C)=O. The van der Waals surface area contributed by atoms with Crippen molar-refractivity contribution >= 4 is 5.97 Å². The largest absolute Gasteiger partial charge is 0.497 e. The van der Waals surface area contributed by atoms with E-state index in [-0.39, 0.29) is 11.4 Å². The number of ether oxygens (including phenoxy) is 2. The molecule has 2 fully saturated rings. The summed E-state index contributed by atoms with van der Waals surface area (Å²) in [5, 5.41) is 11.1. The number of benzene rings is 1. The first kappa shape index (κ1) is 17.8. The molecule has 1 N–H and O–H groups in total. The van der Waals surface area contributed by atoms with E-state index in [0.717, 1.165) is 31.4 Å². The Morgan fingerprint density at radius 2 is 2.04 bits per heavy atom. The first-order chi connectivity index (χ1) is 12.3. The predicted octanol–water partition coefficient (Wildman–Crippen LogP) is 3.84. The van der Waals surface area contributed by atoms with E-state index in [1.165, 1.54) is 18.1 Å². The van der Waals surface area contributed by atoms with Gasteiger partial charge in [-0.05, 0) is 80.0 Å². The minimum absolute atomic E-state index is 0.139. The van der Waals surface area contributed by atoms with E-state index in [1.807, 2.05) is 6.92 Å². The zero-order chi connectivity index (χ0) is 18.7. The van der Waals surface area contributed by atoms with Crippen LogP contribution in [0.4, 0.5) is 0 Å². The van der Waals surface area contributed by atoms with Crippen molar-refractivity contribution in [1.29, 1.82) is 0 Å². The van der Waals surface area contributed by atoms with Crippen molar-refractivity contribution in [3.8, 4) is 5.75 Å². The Labute approximate surface area is 155 Å². The maximum Gasteiger partial charge on any atom is 0.303 e. The molecule has 0 amide bonds. The van der Waals surface area contributed by atoms with Crippen molar-refractivity contribution in [2.24, 2.45) is 17.3 Å². The number of methoxy groups -OCH3 is 1. The van der Waals surface area contributed by atoms with Crippen LogP contribution < -0.4 is 4.74 Å². The minimum Gasteiger partial charge on any atom is -0.497 e. The van der Waals surface area contributed by atoms with Gasteiger partial charge >= 0.3 is 5.97 Å². The van der Waals surface area contributed by atoms with Crippen LogP contribution in [0.15, 0.2) is 18.2 Å². The summed E-state index contributed by atoms with van der Waals surface area (Å²) in [7, 11) is 1.72. The standard InChI is InChI=1S/C22H30O4/c1-13(23)26-20-21(2)10-9-17-16-8-6-15(25-4)11-14(16)5-7-18(17)19(21)12-22(20,3)24/h6,8,11,17-20,24H,5,7,9-10,12H2,1-4H3/t17-,18+,19+,20+,21-,22-/m1/s1. The van der Waals surface area contributed by atoms with E-state index in [2.05, 4.69) is 25.1 Å². The fourth-order valence-electron chi connectivity index (χ4n) is 6.43. The molecule has 0 aliphatic heterocycles. The average Bonchev–Trinajstić information content (AvgIpc) is 2.80. The number of aryl methyl sites for hydroxylation is 1. The van der Waals surface area contributed by atoms with E-state index in [9.17, 15) is 9.90 Å². The number of carbonyl (C=O) groups excluding carboxylic acids is 1. The second-order valence-electron chi connectivity index (χ2n) is 9.08. The third-order valence-corrected chi connectivity index (χ3v) is 7.45. The zero-order valence-electron chi connectivity index (χ0n) is 16.2. The van der Waals surface area contributed by atoms with Crippen LogP contribution in [0.2, 0.25) is 0 Å². The lowest BCUT2D eigenvalue weighted by molar-refractivity contribution is -0.170. The molecule has 4 heteroatoms. The van der Waals surface area contributed by atoms with Crippen molar-refractivity contribution in [3.63, 3.8) is 0 Å².